The maximum absolute atomic E-state index is 7.31. The van der Waals surface area contributed by atoms with Gasteiger partial charge in [-0.3, -0.25) is 0 Å². The Morgan fingerprint density at radius 1 is 0.185 bits per heavy atom. The van der Waals surface area contributed by atoms with Crippen molar-refractivity contribution in [3.05, 3.63) is 388 Å². The molecule has 0 unspecified atom stereocenters. The van der Waals surface area contributed by atoms with E-state index >= 15 is 0 Å². The number of hydrogen-bond acceptors (Lipinski definition) is 6. The number of thiophene rings is 2. The van der Waals surface area contributed by atoms with E-state index in [0.29, 0.717) is 0 Å². The van der Waals surface area contributed by atoms with Crippen molar-refractivity contribution in [2.75, 3.05) is 9.80 Å². The Bertz CT molecular complexity index is 6980. The highest BCUT2D eigenvalue weighted by atomic mass is 32.1. The van der Waals surface area contributed by atoms with E-state index in [9.17, 15) is 0 Å². The lowest BCUT2D eigenvalue weighted by Crippen LogP contribution is -2.12. The molecule has 0 aliphatic heterocycles. The summed E-state index contributed by atoms with van der Waals surface area (Å²) in [4.78, 5) is 4.88. The van der Waals surface area contributed by atoms with Crippen LogP contribution in [0.1, 0.15) is 0 Å². The SMILES string of the molecule is c1ccc(-c2cc(-c3ccccc3)cc(-c3ccc(N(c4ccc(-c5cccc6sc7ccccc7c56)cc4)c4ccc(-c5cccc(-c6ccc(-c7ccccc7)cc6N(c6ccc(-c7cccc8sc9ccccc9c78)cc6)c6cccc7oc8ccccc8c67)c5)c5oc6ccccc6c45)cc3)c2)cc1. The van der Waals surface area contributed by atoms with E-state index in [2.05, 4.69) is 398 Å². The molecule has 0 bridgehead atoms. The number of fused-ring (bicyclic) bond motifs is 12. The molecular formula is C102H64N2O2S2. The summed E-state index contributed by atoms with van der Waals surface area (Å²) < 4.78 is 19.2. The number of hydrogen-bond donors (Lipinski definition) is 0. The van der Waals surface area contributed by atoms with Crippen LogP contribution in [-0.2, 0) is 0 Å². The first-order valence-electron chi connectivity index (χ1n) is 36.7. The molecule has 0 atom stereocenters. The second-order valence-electron chi connectivity index (χ2n) is 27.8. The molecule has 4 aromatic heterocycles. The largest absolute Gasteiger partial charge is 0.456 e. The van der Waals surface area contributed by atoms with Crippen molar-refractivity contribution in [3.8, 4) is 89.0 Å². The second kappa shape index (κ2) is 26.2. The summed E-state index contributed by atoms with van der Waals surface area (Å²) >= 11 is 3.70. The molecule has 21 aromatic rings. The first kappa shape index (κ1) is 62.9. The number of rotatable bonds is 14. The summed E-state index contributed by atoms with van der Waals surface area (Å²) in [5.41, 5.74) is 27.4. The smallest absolute Gasteiger partial charge is 0.145 e. The Balaban J connectivity index is 0.732. The highest BCUT2D eigenvalue weighted by molar-refractivity contribution is 7.26. The first-order chi connectivity index (χ1) is 53.5. The lowest BCUT2D eigenvalue weighted by molar-refractivity contribution is 0.669. The zero-order chi connectivity index (χ0) is 71.2. The molecule has 506 valence electrons. The Hall–Kier alpha value is -13.6. The van der Waals surface area contributed by atoms with Gasteiger partial charge in [-0.05, 0) is 205 Å². The molecule has 4 heterocycles. The van der Waals surface area contributed by atoms with E-state index < -0.39 is 0 Å². The predicted molar refractivity (Wildman–Crippen MR) is 460 cm³/mol. The average Bonchev–Trinajstić information content (AvgIpc) is 1.39. The van der Waals surface area contributed by atoms with Crippen LogP contribution in [0.25, 0.3) is 173 Å². The monoisotopic (exact) mass is 1410 g/mol. The summed E-state index contributed by atoms with van der Waals surface area (Å²) in [7, 11) is 0. The van der Waals surface area contributed by atoms with Crippen LogP contribution >= 0.6 is 22.7 Å². The summed E-state index contributed by atoms with van der Waals surface area (Å²) in [6.45, 7) is 0. The Morgan fingerprint density at radius 2 is 0.565 bits per heavy atom. The van der Waals surface area contributed by atoms with Crippen LogP contribution in [0.15, 0.2) is 397 Å². The van der Waals surface area contributed by atoms with Gasteiger partial charge in [0.15, 0.2) is 0 Å². The molecule has 6 heteroatoms. The first-order valence-corrected chi connectivity index (χ1v) is 38.3. The maximum atomic E-state index is 7.31. The highest BCUT2D eigenvalue weighted by Crippen LogP contribution is 2.52. The van der Waals surface area contributed by atoms with Gasteiger partial charge in [-0.25, -0.2) is 0 Å². The van der Waals surface area contributed by atoms with Crippen molar-refractivity contribution in [2.24, 2.45) is 0 Å². The third kappa shape index (κ3) is 10.9. The molecule has 108 heavy (non-hydrogen) atoms. The van der Waals surface area contributed by atoms with Crippen LogP contribution in [0.2, 0.25) is 0 Å². The van der Waals surface area contributed by atoms with Crippen LogP contribution in [0.3, 0.4) is 0 Å². The van der Waals surface area contributed by atoms with Gasteiger partial charge in [-0.2, -0.15) is 0 Å². The van der Waals surface area contributed by atoms with E-state index in [-0.39, 0.29) is 0 Å². The minimum atomic E-state index is 0.803. The molecule has 0 amide bonds. The molecule has 0 N–H and O–H groups in total. The summed E-state index contributed by atoms with van der Waals surface area (Å²) in [5, 5.41) is 9.28. The van der Waals surface area contributed by atoms with Crippen LogP contribution in [0, 0.1) is 0 Å². The third-order valence-corrected chi connectivity index (χ3v) is 23.8. The van der Waals surface area contributed by atoms with Gasteiger partial charge in [0, 0.05) is 79.3 Å². The molecule has 4 nitrogen and oxygen atoms in total. The molecule has 0 radical (unpaired) electrons. The summed E-state index contributed by atoms with van der Waals surface area (Å²) in [5.74, 6) is 0. The van der Waals surface area contributed by atoms with Gasteiger partial charge in [0.05, 0.1) is 27.8 Å². The van der Waals surface area contributed by atoms with Crippen molar-refractivity contribution in [1.82, 2.24) is 0 Å². The van der Waals surface area contributed by atoms with Crippen molar-refractivity contribution in [2.45, 2.75) is 0 Å². The minimum absolute atomic E-state index is 0.803. The fourth-order valence-corrected chi connectivity index (χ4v) is 18.7. The molecule has 17 aromatic carbocycles. The van der Waals surface area contributed by atoms with Gasteiger partial charge < -0.3 is 18.6 Å². The number of para-hydroxylation sites is 2. The molecule has 0 spiro atoms. The Kier molecular flexibility index (Phi) is 15.3. The van der Waals surface area contributed by atoms with Crippen molar-refractivity contribution >= 4 is 141 Å². The maximum Gasteiger partial charge on any atom is 0.145 e. The highest BCUT2D eigenvalue weighted by Gasteiger charge is 2.27. The summed E-state index contributed by atoms with van der Waals surface area (Å²) in [6.07, 6.45) is 0. The standard InChI is InChI=1S/C102H64N2O2S2/c1-4-22-65(23-5-1)71-50-57-80(90(64-71)104(88-36-21-39-93-100(88)84-30-10-14-37-91(84)105-93)79-55-48-70(49-56-79)82-35-20-43-97-99(82)87-33-13-17-41-95(87)108-97)72-28-18-29-73(60-72)83-58-59-89(101-85-31-11-15-38-92(85)106-102(83)101)103(78-53-46-69(47-54-78)81-34-19-42-96-98(81)86-32-12-16-40-94(86)107-96)77-51-44-68(45-52-77)76-62-74(66-24-6-2-7-25-66)61-75(63-76)67-26-8-3-9-27-67/h1-64H. The van der Waals surface area contributed by atoms with Crippen LogP contribution in [0.5, 0.6) is 0 Å². The third-order valence-electron chi connectivity index (χ3n) is 21.5. The molecule has 0 saturated heterocycles. The fraction of sp³-hybridized carbons (Fsp3) is 0. The molecule has 0 aliphatic carbocycles. The second-order valence-corrected chi connectivity index (χ2v) is 29.9. The van der Waals surface area contributed by atoms with E-state index in [1.807, 2.05) is 22.7 Å². The van der Waals surface area contributed by atoms with Gasteiger partial charge in [0.2, 0.25) is 0 Å². The van der Waals surface area contributed by atoms with Crippen LogP contribution in [0.4, 0.5) is 34.1 Å². The lowest BCUT2D eigenvalue weighted by atomic mass is 9.93. The molecular weight excluding hydrogens is 1350 g/mol. The van der Waals surface area contributed by atoms with Gasteiger partial charge in [0.1, 0.15) is 22.3 Å². The lowest BCUT2D eigenvalue weighted by Gasteiger charge is -2.29. The Labute approximate surface area is 632 Å². The van der Waals surface area contributed by atoms with Crippen molar-refractivity contribution in [3.63, 3.8) is 0 Å². The number of nitrogens with zero attached hydrogens (tertiary/aromatic N) is 2. The number of furan rings is 2. The molecule has 0 saturated carbocycles. The van der Waals surface area contributed by atoms with E-state index in [1.54, 1.807) is 0 Å². The van der Waals surface area contributed by atoms with Crippen LogP contribution < -0.4 is 9.80 Å². The molecule has 0 aliphatic rings. The number of benzene rings is 17. The topological polar surface area (TPSA) is 32.8 Å². The van der Waals surface area contributed by atoms with E-state index in [1.165, 1.54) is 73.7 Å². The predicted octanol–water partition coefficient (Wildman–Crippen LogP) is 30.5. The van der Waals surface area contributed by atoms with Gasteiger partial charge >= 0.3 is 0 Å². The fourth-order valence-electron chi connectivity index (χ4n) is 16.4. The van der Waals surface area contributed by atoms with E-state index in [0.717, 1.165) is 134 Å². The van der Waals surface area contributed by atoms with Crippen molar-refractivity contribution in [1.29, 1.82) is 0 Å². The summed E-state index contributed by atoms with van der Waals surface area (Å²) in [6, 6.07) is 142. The van der Waals surface area contributed by atoms with Crippen LogP contribution in [-0.4, -0.2) is 0 Å². The van der Waals surface area contributed by atoms with Gasteiger partial charge in [-0.1, -0.05) is 261 Å². The Morgan fingerprint density at radius 3 is 1.13 bits per heavy atom. The minimum Gasteiger partial charge on any atom is -0.456 e. The number of anilines is 6. The average molecular weight is 1410 g/mol. The zero-order valence-corrected chi connectivity index (χ0v) is 60.1. The zero-order valence-electron chi connectivity index (χ0n) is 58.5. The van der Waals surface area contributed by atoms with Crippen molar-refractivity contribution < 1.29 is 8.83 Å². The van der Waals surface area contributed by atoms with Gasteiger partial charge in [-0.15, -0.1) is 22.7 Å². The molecule has 21 rings (SSSR count). The van der Waals surface area contributed by atoms with Gasteiger partial charge in [0.25, 0.3) is 0 Å². The molecule has 0 fully saturated rings. The quantitative estimate of drug-likeness (QED) is 0.109. The normalized spacial score (nSPS) is 11.7. The van der Waals surface area contributed by atoms with E-state index in [4.69, 9.17) is 8.83 Å².